The molecule has 5 atom stereocenters. The van der Waals surface area contributed by atoms with Crippen LogP contribution >= 0.6 is 11.3 Å². The van der Waals surface area contributed by atoms with Crippen molar-refractivity contribution >= 4 is 61.6 Å². The number of rotatable bonds is 11. The average molecular weight is 968 g/mol. The molecule has 18 heteroatoms. The van der Waals surface area contributed by atoms with Gasteiger partial charge in [-0.3, -0.25) is 23.9 Å². The van der Waals surface area contributed by atoms with E-state index in [2.05, 4.69) is 29.2 Å². The molecule has 2 aliphatic carbocycles. The van der Waals surface area contributed by atoms with Crippen molar-refractivity contribution in [3.63, 3.8) is 0 Å². The number of hydrogen-bond donors (Lipinski definition) is 3. The van der Waals surface area contributed by atoms with E-state index in [1.54, 1.807) is 37.1 Å². The second-order valence-electron chi connectivity index (χ2n) is 19.4. The van der Waals surface area contributed by atoms with Crippen molar-refractivity contribution < 1.29 is 41.8 Å². The average Bonchev–Trinajstić information content (AvgIpc) is 4.10. The zero-order valence-corrected chi connectivity index (χ0v) is 41.0. The molecular weight excluding hydrogens is 907 g/mol. The molecule has 9 rings (SSSR count). The van der Waals surface area contributed by atoms with Crippen molar-refractivity contribution in [2.24, 2.45) is 5.92 Å². The Labute approximate surface area is 401 Å². The molecule has 362 valence electrons. The van der Waals surface area contributed by atoms with Crippen molar-refractivity contribution in [2.75, 3.05) is 45.3 Å². The summed E-state index contributed by atoms with van der Waals surface area (Å²) >= 11 is 1.49. The number of hydrogen-bond acceptors (Lipinski definition) is 13. The van der Waals surface area contributed by atoms with E-state index in [0.29, 0.717) is 97.8 Å². The van der Waals surface area contributed by atoms with Crippen LogP contribution in [-0.2, 0) is 29.1 Å². The van der Waals surface area contributed by atoms with Gasteiger partial charge in [-0.25, -0.2) is 18.4 Å². The van der Waals surface area contributed by atoms with Crippen LogP contribution in [0.2, 0.25) is 0 Å². The van der Waals surface area contributed by atoms with Crippen LogP contribution < -0.4 is 24.8 Å². The largest absolute Gasteiger partial charge is 0.496 e. The van der Waals surface area contributed by atoms with Crippen LogP contribution in [0.15, 0.2) is 60.0 Å². The summed E-state index contributed by atoms with van der Waals surface area (Å²) in [7, 11) is -2.41. The number of anilines is 1. The third kappa shape index (κ3) is 9.55. The molecule has 0 bridgehead atoms. The lowest BCUT2D eigenvalue weighted by Gasteiger charge is -2.30. The van der Waals surface area contributed by atoms with Gasteiger partial charge in [0.1, 0.15) is 45.9 Å². The molecule has 3 aliphatic heterocycles. The number of allylic oxidation sites excluding steroid dienone is 1. The molecule has 2 aromatic carbocycles. The molecule has 16 nitrogen and oxygen atoms in total. The minimum atomic E-state index is -4.02. The summed E-state index contributed by atoms with van der Waals surface area (Å²) in [4.78, 5) is 71.1. The maximum Gasteiger partial charge on any atom is 0.259 e. The first-order valence-electron chi connectivity index (χ1n) is 23.8. The number of nitrogens with one attached hydrogen (secondary N) is 3. The SMILES string of the molecule is COc1ccc2c(O[C@@H]3C[C@H]4C(=O)N[C@]5(C(=O)NS(=O)(=O)C6(C)CC6)C[C@H]5/C=C\CCCCC[C@H](Nc5cccc(C(=O)N6CCOCC6)c5)C(=O)N4C3)cc(-c3nc(C(C)C)cs3)nc2c1C. The number of benzene rings is 2. The van der Waals surface area contributed by atoms with Gasteiger partial charge in [-0.05, 0) is 88.6 Å². The number of carbonyl (C=O) groups excluding carboxylic acids is 4. The number of methoxy groups -OCH3 is 1. The highest BCUT2D eigenvalue weighted by molar-refractivity contribution is 7.91. The number of thiazole rings is 1. The van der Waals surface area contributed by atoms with Crippen LogP contribution in [0, 0.1) is 12.8 Å². The van der Waals surface area contributed by atoms with Gasteiger partial charge >= 0.3 is 0 Å². The third-order valence-corrected chi connectivity index (χ3v) is 17.3. The zero-order valence-electron chi connectivity index (χ0n) is 39.3. The Morgan fingerprint density at radius 3 is 2.56 bits per heavy atom. The van der Waals surface area contributed by atoms with E-state index in [1.165, 1.54) is 16.2 Å². The second kappa shape index (κ2) is 19.1. The molecule has 0 radical (unpaired) electrons. The summed E-state index contributed by atoms with van der Waals surface area (Å²) in [6, 6.07) is 10.8. The maximum absolute atomic E-state index is 15.3. The quantitative estimate of drug-likeness (QED) is 0.138. The molecule has 4 amide bonds. The van der Waals surface area contributed by atoms with Crippen LogP contribution in [0.1, 0.15) is 106 Å². The van der Waals surface area contributed by atoms with Crippen molar-refractivity contribution in [2.45, 2.75) is 120 Å². The van der Waals surface area contributed by atoms with E-state index in [4.69, 9.17) is 24.2 Å². The van der Waals surface area contributed by atoms with Gasteiger partial charge in [0, 0.05) is 59.1 Å². The molecule has 5 heterocycles. The maximum atomic E-state index is 15.3. The van der Waals surface area contributed by atoms with Crippen LogP contribution in [0.25, 0.3) is 21.6 Å². The van der Waals surface area contributed by atoms with Gasteiger partial charge in [0.25, 0.3) is 11.8 Å². The fourth-order valence-electron chi connectivity index (χ4n) is 9.49. The Bertz CT molecular complexity index is 2750. The summed E-state index contributed by atoms with van der Waals surface area (Å²) in [5.41, 5.74) is 2.56. The number of aryl methyl sites for hydroxylation is 1. The summed E-state index contributed by atoms with van der Waals surface area (Å²) in [6.45, 7) is 9.65. The Hall–Kier alpha value is -5.59. The van der Waals surface area contributed by atoms with Crippen molar-refractivity contribution in [1.29, 1.82) is 0 Å². The predicted molar refractivity (Wildman–Crippen MR) is 259 cm³/mol. The van der Waals surface area contributed by atoms with Crippen LogP contribution in [-0.4, -0.2) is 120 Å². The molecule has 3 N–H and O–H groups in total. The molecule has 0 unspecified atom stereocenters. The first-order valence-corrected chi connectivity index (χ1v) is 26.2. The fourth-order valence-corrected chi connectivity index (χ4v) is 11.7. The molecule has 4 fully saturated rings. The lowest BCUT2D eigenvalue weighted by molar-refractivity contribution is -0.140. The first kappa shape index (κ1) is 47.5. The van der Waals surface area contributed by atoms with Crippen LogP contribution in [0.5, 0.6) is 11.5 Å². The Kier molecular flexibility index (Phi) is 13.3. The topological polar surface area (TPSA) is 198 Å². The fraction of sp³-hybridized carbons (Fsp3) is 0.520. The number of pyridine rings is 1. The van der Waals surface area contributed by atoms with E-state index in [1.807, 2.05) is 48.7 Å². The lowest BCUT2D eigenvalue weighted by Crippen LogP contribution is -2.58. The van der Waals surface area contributed by atoms with E-state index in [-0.39, 0.29) is 37.1 Å². The van der Waals surface area contributed by atoms with Gasteiger partial charge in [-0.15, -0.1) is 11.3 Å². The van der Waals surface area contributed by atoms with E-state index < -0.39 is 56.2 Å². The monoisotopic (exact) mass is 967 g/mol. The summed E-state index contributed by atoms with van der Waals surface area (Å²) in [5, 5.41) is 9.90. The van der Waals surface area contributed by atoms with Gasteiger partial charge in [-0.2, -0.15) is 0 Å². The van der Waals surface area contributed by atoms with Gasteiger partial charge in [-0.1, -0.05) is 44.9 Å². The van der Waals surface area contributed by atoms with E-state index in [9.17, 15) is 22.8 Å². The lowest BCUT2D eigenvalue weighted by atomic mass is 10.0. The molecular formula is C50H61N7O9S2. The van der Waals surface area contributed by atoms with Gasteiger partial charge in [0.2, 0.25) is 21.8 Å². The number of fused-ring (bicyclic) bond motifs is 3. The highest BCUT2D eigenvalue weighted by Crippen LogP contribution is 2.48. The number of sulfonamides is 1. The van der Waals surface area contributed by atoms with E-state index in [0.717, 1.165) is 29.1 Å². The molecule has 4 aromatic rings. The minimum absolute atomic E-state index is 0.0307. The number of ether oxygens (including phenoxy) is 3. The first-order chi connectivity index (χ1) is 32.6. The second-order valence-corrected chi connectivity index (χ2v) is 22.5. The van der Waals surface area contributed by atoms with Crippen molar-refractivity contribution in [1.82, 2.24) is 29.8 Å². The number of morpholine rings is 1. The molecule has 5 aliphatic rings. The molecule has 0 spiro atoms. The van der Waals surface area contributed by atoms with Gasteiger partial charge in [0.15, 0.2) is 0 Å². The van der Waals surface area contributed by atoms with Crippen LogP contribution in [0.4, 0.5) is 5.69 Å². The molecule has 2 aromatic heterocycles. The third-order valence-electron chi connectivity index (χ3n) is 14.2. The Balaban J connectivity index is 1.06. The number of aromatic nitrogens is 2. The summed E-state index contributed by atoms with van der Waals surface area (Å²) in [5.74, 6) is -0.903. The standard InChI is InChI=1S/C50H61N7O9S2/c1-30(2)39-29-67-45(53-39)38-26-42(36-16-17-41(64-5)31(3)43(36)52-38)66-35-25-40-44(58)54-50(48(61)55-68(62,63)49(4)18-19-49)27-33(50)13-9-7-6-8-10-15-37(47(60)57(40)28-35)51-34-14-11-12-32(24-34)46(59)56-20-22-65-23-21-56/h9,11-14,16-17,24,26,29-30,33,35,37,40,51H,6-8,10,15,18-23,25,27-28H2,1-5H3,(H,54,58)(H,55,61)/b13-9-/t33-,35-,37+,40+,50-/m1/s1. The highest BCUT2D eigenvalue weighted by Gasteiger charge is 2.63. The van der Waals surface area contributed by atoms with Gasteiger partial charge < -0.3 is 34.6 Å². The molecule has 2 saturated heterocycles. The highest BCUT2D eigenvalue weighted by atomic mass is 32.2. The minimum Gasteiger partial charge on any atom is -0.496 e. The smallest absolute Gasteiger partial charge is 0.259 e. The number of carbonyl (C=O) groups is 4. The van der Waals surface area contributed by atoms with E-state index >= 15 is 4.79 Å². The normalized spacial score (nSPS) is 25.6. The zero-order chi connectivity index (χ0) is 48.0. The molecule has 2 saturated carbocycles. The van der Waals surface area contributed by atoms with Gasteiger partial charge in [0.05, 0.1) is 42.8 Å². The van der Waals surface area contributed by atoms with Crippen molar-refractivity contribution in [3.8, 4) is 22.2 Å². The van der Waals surface area contributed by atoms with Crippen molar-refractivity contribution in [3.05, 3.63) is 76.8 Å². The summed E-state index contributed by atoms with van der Waals surface area (Å²) in [6.07, 6.45) is 7.84. The Morgan fingerprint density at radius 1 is 1.03 bits per heavy atom. The molecule has 68 heavy (non-hydrogen) atoms. The summed E-state index contributed by atoms with van der Waals surface area (Å²) < 4.78 is 46.1. The Morgan fingerprint density at radius 2 is 1.82 bits per heavy atom. The number of nitrogens with zero attached hydrogens (tertiary/aromatic N) is 4. The number of amides is 4. The predicted octanol–water partition coefficient (Wildman–Crippen LogP) is 6.49. The van der Waals surface area contributed by atoms with Crippen LogP contribution in [0.3, 0.4) is 0 Å².